The summed E-state index contributed by atoms with van der Waals surface area (Å²) in [6.07, 6.45) is 3.15. The highest BCUT2D eigenvalue weighted by Gasteiger charge is 2.28. The Morgan fingerprint density at radius 3 is 2.48 bits per heavy atom. The minimum Gasteiger partial charge on any atom is -0.339 e. The first-order valence-corrected chi connectivity index (χ1v) is 11.2. The molecule has 1 fully saturated rings. The van der Waals surface area contributed by atoms with Gasteiger partial charge in [-0.15, -0.1) is 11.3 Å². The molecule has 3 aromatic rings. The van der Waals surface area contributed by atoms with Gasteiger partial charge in [-0.3, -0.25) is 9.59 Å². The van der Waals surface area contributed by atoms with Crippen LogP contribution in [0.5, 0.6) is 0 Å². The van der Waals surface area contributed by atoms with Gasteiger partial charge in [0.15, 0.2) is 0 Å². The number of likely N-dealkylation sites (tertiary alicyclic amines) is 1. The molecule has 0 aliphatic carbocycles. The van der Waals surface area contributed by atoms with Gasteiger partial charge in [0.1, 0.15) is 5.00 Å². The van der Waals surface area contributed by atoms with E-state index >= 15 is 0 Å². The summed E-state index contributed by atoms with van der Waals surface area (Å²) in [6, 6.07) is 18.5. The fraction of sp³-hybridized carbons (Fsp3) is 0.240. The molecule has 0 saturated carbocycles. The number of rotatable bonds is 4. The van der Waals surface area contributed by atoms with E-state index in [1.807, 2.05) is 42.2 Å². The third kappa shape index (κ3) is 4.37. The standard InChI is InChI=1S/C25H23N3O2S/c1-17-21(25(30)28-13-6-3-7-14-28)24(31-22(17)19-10-4-2-5-11-19)27-23(29)20-12-8-9-18(15-20)16-26/h2,4-5,8-12,15H,3,6-7,13-14H2,1H3,(H,27,29). The number of nitrogens with zero attached hydrogens (tertiary/aromatic N) is 2. The van der Waals surface area contributed by atoms with E-state index in [2.05, 4.69) is 11.4 Å². The molecule has 31 heavy (non-hydrogen) atoms. The summed E-state index contributed by atoms with van der Waals surface area (Å²) >= 11 is 1.42. The highest BCUT2D eigenvalue weighted by atomic mass is 32.1. The highest BCUT2D eigenvalue weighted by Crippen LogP contribution is 2.41. The van der Waals surface area contributed by atoms with Crippen molar-refractivity contribution in [2.45, 2.75) is 26.2 Å². The van der Waals surface area contributed by atoms with Gasteiger partial charge in [-0.05, 0) is 55.5 Å². The van der Waals surface area contributed by atoms with E-state index in [1.165, 1.54) is 11.3 Å². The monoisotopic (exact) mass is 429 g/mol. The number of carbonyl (C=O) groups excluding carboxylic acids is 2. The molecular weight excluding hydrogens is 406 g/mol. The molecule has 1 aliphatic rings. The van der Waals surface area contributed by atoms with Crippen LogP contribution in [0.25, 0.3) is 10.4 Å². The number of nitrogens with one attached hydrogen (secondary N) is 1. The van der Waals surface area contributed by atoms with Crippen LogP contribution in [0.3, 0.4) is 0 Å². The van der Waals surface area contributed by atoms with Gasteiger partial charge in [0.25, 0.3) is 11.8 Å². The Labute approximate surface area is 185 Å². The van der Waals surface area contributed by atoms with Crippen LogP contribution in [0, 0.1) is 18.3 Å². The molecule has 2 aromatic carbocycles. The first-order valence-electron chi connectivity index (χ1n) is 10.4. The molecule has 0 atom stereocenters. The van der Waals surface area contributed by atoms with Crippen molar-refractivity contribution in [2.24, 2.45) is 0 Å². The van der Waals surface area contributed by atoms with Gasteiger partial charge in [0, 0.05) is 23.5 Å². The lowest BCUT2D eigenvalue weighted by Crippen LogP contribution is -2.36. The van der Waals surface area contributed by atoms with Crippen molar-refractivity contribution in [3.05, 3.63) is 76.9 Å². The van der Waals surface area contributed by atoms with Gasteiger partial charge < -0.3 is 10.2 Å². The zero-order valence-corrected chi connectivity index (χ0v) is 18.2. The molecule has 0 bridgehead atoms. The van der Waals surface area contributed by atoms with Crippen LogP contribution in [-0.2, 0) is 0 Å². The molecule has 6 heteroatoms. The molecule has 2 amide bonds. The Balaban J connectivity index is 1.73. The molecule has 1 saturated heterocycles. The van der Waals surface area contributed by atoms with Gasteiger partial charge in [-0.2, -0.15) is 5.26 Å². The zero-order chi connectivity index (χ0) is 21.8. The SMILES string of the molecule is Cc1c(-c2ccccc2)sc(NC(=O)c2cccc(C#N)c2)c1C(=O)N1CCCCC1. The van der Waals surface area contributed by atoms with Crippen LogP contribution >= 0.6 is 11.3 Å². The highest BCUT2D eigenvalue weighted by molar-refractivity contribution is 7.20. The number of thiophene rings is 1. The van der Waals surface area contributed by atoms with Gasteiger partial charge in [-0.1, -0.05) is 36.4 Å². The number of hydrogen-bond acceptors (Lipinski definition) is 4. The van der Waals surface area contributed by atoms with E-state index in [0.717, 1.165) is 48.4 Å². The summed E-state index contributed by atoms with van der Waals surface area (Å²) < 4.78 is 0. The maximum Gasteiger partial charge on any atom is 0.257 e. The second-order valence-corrected chi connectivity index (χ2v) is 8.65. The zero-order valence-electron chi connectivity index (χ0n) is 17.4. The number of amides is 2. The van der Waals surface area contributed by atoms with E-state index in [-0.39, 0.29) is 11.8 Å². The third-order valence-corrected chi connectivity index (χ3v) is 6.78. The predicted molar refractivity (Wildman–Crippen MR) is 123 cm³/mol. The molecule has 0 spiro atoms. The molecule has 1 N–H and O–H groups in total. The summed E-state index contributed by atoms with van der Waals surface area (Å²) in [4.78, 5) is 29.3. The molecule has 2 heterocycles. The Bertz CT molecular complexity index is 1160. The lowest BCUT2D eigenvalue weighted by Gasteiger charge is -2.27. The predicted octanol–water partition coefficient (Wildman–Crippen LogP) is 5.47. The molecular formula is C25H23N3O2S. The van der Waals surface area contributed by atoms with Crippen LogP contribution in [0.1, 0.15) is 51.1 Å². The lowest BCUT2D eigenvalue weighted by atomic mass is 10.0. The average Bonchev–Trinajstić information content (AvgIpc) is 3.15. The van der Waals surface area contributed by atoms with Gasteiger partial charge in [0.05, 0.1) is 17.2 Å². The lowest BCUT2D eigenvalue weighted by molar-refractivity contribution is 0.0725. The van der Waals surface area contributed by atoms with Crippen LogP contribution in [-0.4, -0.2) is 29.8 Å². The summed E-state index contributed by atoms with van der Waals surface area (Å²) in [5.74, 6) is -0.359. The first-order chi connectivity index (χ1) is 15.1. The first kappa shape index (κ1) is 20.8. The number of benzene rings is 2. The molecule has 0 radical (unpaired) electrons. The van der Waals surface area contributed by atoms with Gasteiger partial charge >= 0.3 is 0 Å². The topological polar surface area (TPSA) is 73.2 Å². The number of anilines is 1. The van der Waals surface area contributed by atoms with Crippen LogP contribution < -0.4 is 5.32 Å². The van der Waals surface area contributed by atoms with E-state index in [0.29, 0.717) is 21.7 Å². The fourth-order valence-corrected chi connectivity index (χ4v) is 5.08. The third-order valence-electron chi connectivity index (χ3n) is 5.52. The number of carbonyl (C=O) groups is 2. The minimum absolute atomic E-state index is 0.0308. The quantitative estimate of drug-likeness (QED) is 0.597. The van der Waals surface area contributed by atoms with Crippen molar-refractivity contribution in [1.82, 2.24) is 4.90 Å². The number of nitriles is 1. The van der Waals surface area contributed by atoms with Crippen molar-refractivity contribution >= 4 is 28.2 Å². The van der Waals surface area contributed by atoms with E-state index in [1.54, 1.807) is 24.3 Å². The van der Waals surface area contributed by atoms with Crippen molar-refractivity contribution in [3.63, 3.8) is 0 Å². The summed E-state index contributed by atoms with van der Waals surface area (Å²) in [7, 11) is 0. The normalized spacial score (nSPS) is 13.5. The Kier molecular flexibility index (Phi) is 6.15. The van der Waals surface area contributed by atoms with Crippen LogP contribution in [0.4, 0.5) is 5.00 Å². The molecule has 1 aromatic heterocycles. The maximum atomic E-state index is 13.4. The van der Waals surface area contributed by atoms with Gasteiger partial charge in [0.2, 0.25) is 0 Å². The Morgan fingerprint density at radius 1 is 1.03 bits per heavy atom. The summed E-state index contributed by atoms with van der Waals surface area (Å²) in [5, 5.41) is 12.6. The number of piperidine rings is 1. The smallest absolute Gasteiger partial charge is 0.257 e. The summed E-state index contributed by atoms with van der Waals surface area (Å²) in [6.45, 7) is 3.43. The molecule has 1 aliphatic heterocycles. The Morgan fingerprint density at radius 2 is 1.77 bits per heavy atom. The number of hydrogen-bond donors (Lipinski definition) is 1. The molecule has 5 nitrogen and oxygen atoms in total. The minimum atomic E-state index is -0.328. The van der Waals surface area contributed by atoms with Gasteiger partial charge in [-0.25, -0.2) is 0 Å². The summed E-state index contributed by atoms with van der Waals surface area (Å²) in [5.41, 5.74) is 3.28. The maximum absolute atomic E-state index is 13.4. The second-order valence-electron chi connectivity index (χ2n) is 7.63. The van der Waals surface area contributed by atoms with Crippen molar-refractivity contribution in [2.75, 3.05) is 18.4 Å². The average molecular weight is 430 g/mol. The molecule has 4 rings (SSSR count). The largest absolute Gasteiger partial charge is 0.339 e. The van der Waals surface area contributed by atoms with Crippen LogP contribution in [0.15, 0.2) is 54.6 Å². The van der Waals surface area contributed by atoms with E-state index < -0.39 is 0 Å². The molecule has 156 valence electrons. The van der Waals surface area contributed by atoms with Crippen molar-refractivity contribution < 1.29 is 9.59 Å². The molecule has 0 unspecified atom stereocenters. The van der Waals surface area contributed by atoms with Crippen molar-refractivity contribution in [1.29, 1.82) is 5.26 Å². The van der Waals surface area contributed by atoms with E-state index in [4.69, 9.17) is 5.26 Å². The second kappa shape index (κ2) is 9.15. The van der Waals surface area contributed by atoms with Crippen LogP contribution in [0.2, 0.25) is 0 Å². The van der Waals surface area contributed by atoms with E-state index in [9.17, 15) is 9.59 Å². The van der Waals surface area contributed by atoms with Crippen molar-refractivity contribution in [3.8, 4) is 16.5 Å². The fourth-order valence-electron chi connectivity index (χ4n) is 3.88. The Hall–Kier alpha value is -3.43.